The van der Waals surface area contributed by atoms with Crippen LogP contribution in [-0.2, 0) is 0 Å². The van der Waals surface area contributed by atoms with Crippen molar-refractivity contribution in [1.29, 1.82) is 5.26 Å². The summed E-state index contributed by atoms with van der Waals surface area (Å²) >= 11 is 0. The smallest absolute Gasteiger partial charge is 0.125 e. The summed E-state index contributed by atoms with van der Waals surface area (Å²) in [4.78, 5) is 0. The Bertz CT molecular complexity index is 629. The molecule has 0 aliphatic heterocycles. The van der Waals surface area contributed by atoms with E-state index in [1.165, 1.54) is 18.2 Å². The fourth-order valence-electron chi connectivity index (χ4n) is 1.70. The van der Waals surface area contributed by atoms with Crippen molar-refractivity contribution in [2.45, 2.75) is 6.92 Å². The van der Waals surface area contributed by atoms with Gasteiger partial charge in [0, 0.05) is 0 Å². The highest BCUT2D eigenvalue weighted by atomic mass is 19.1. The average Bonchev–Trinajstić information content (AvgIpc) is 2.34. The van der Waals surface area contributed by atoms with Crippen LogP contribution in [0.4, 0.5) is 21.5 Å². The predicted octanol–water partition coefficient (Wildman–Crippen LogP) is 3.33. The molecule has 0 saturated carbocycles. The summed E-state index contributed by atoms with van der Waals surface area (Å²) in [5, 5.41) is 12.1. The fraction of sp³-hybridized carbons (Fsp3) is 0.0714. The van der Waals surface area contributed by atoms with E-state index in [1.54, 1.807) is 6.07 Å². The van der Waals surface area contributed by atoms with Gasteiger partial charge in [-0.05, 0) is 36.8 Å². The Morgan fingerprint density at radius 1 is 1.22 bits per heavy atom. The van der Waals surface area contributed by atoms with E-state index in [0.29, 0.717) is 22.6 Å². The van der Waals surface area contributed by atoms with Gasteiger partial charge in [-0.3, -0.25) is 0 Å². The van der Waals surface area contributed by atoms with Gasteiger partial charge in [0.05, 0.1) is 22.6 Å². The number of nitriles is 1. The number of hydrogen-bond donors (Lipinski definition) is 2. The molecular formula is C14H12FN3. The predicted molar refractivity (Wildman–Crippen MR) is 70.0 cm³/mol. The molecule has 0 radical (unpaired) electrons. The zero-order chi connectivity index (χ0) is 13.1. The maximum absolute atomic E-state index is 13.2. The molecule has 18 heavy (non-hydrogen) atoms. The van der Waals surface area contributed by atoms with Gasteiger partial charge in [-0.2, -0.15) is 5.26 Å². The molecule has 0 aromatic heterocycles. The Kier molecular flexibility index (Phi) is 3.16. The SMILES string of the molecule is Cc1cccc(Nc2cc(F)ccc2N)c1C#N. The second kappa shape index (κ2) is 4.76. The lowest BCUT2D eigenvalue weighted by atomic mass is 10.1. The minimum atomic E-state index is -0.377. The first kappa shape index (κ1) is 11.9. The van der Waals surface area contributed by atoms with Crippen molar-refractivity contribution < 1.29 is 4.39 Å². The second-order valence-corrected chi connectivity index (χ2v) is 3.97. The number of rotatable bonds is 2. The monoisotopic (exact) mass is 241 g/mol. The first-order valence-corrected chi connectivity index (χ1v) is 5.43. The van der Waals surface area contributed by atoms with Gasteiger partial charge in [-0.15, -0.1) is 0 Å². The van der Waals surface area contributed by atoms with Crippen LogP contribution in [0.15, 0.2) is 36.4 Å². The van der Waals surface area contributed by atoms with Crippen molar-refractivity contribution in [2.75, 3.05) is 11.1 Å². The van der Waals surface area contributed by atoms with E-state index >= 15 is 0 Å². The maximum Gasteiger partial charge on any atom is 0.125 e. The third-order valence-corrected chi connectivity index (χ3v) is 2.67. The van der Waals surface area contributed by atoms with Gasteiger partial charge in [0.25, 0.3) is 0 Å². The summed E-state index contributed by atoms with van der Waals surface area (Å²) in [6, 6.07) is 11.6. The highest BCUT2D eigenvalue weighted by Gasteiger charge is 2.07. The van der Waals surface area contributed by atoms with Crippen molar-refractivity contribution in [2.24, 2.45) is 0 Å². The molecule has 0 spiro atoms. The highest BCUT2D eigenvalue weighted by molar-refractivity contribution is 5.75. The van der Waals surface area contributed by atoms with Crippen LogP contribution in [0, 0.1) is 24.1 Å². The largest absolute Gasteiger partial charge is 0.397 e. The minimum absolute atomic E-state index is 0.377. The highest BCUT2D eigenvalue weighted by Crippen LogP contribution is 2.27. The number of nitrogens with zero attached hydrogens (tertiary/aromatic N) is 1. The van der Waals surface area contributed by atoms with Crippen LogP contribution in [0.1, 0.15) is 11.1 Å². The normalized spacial score (nSPS) is 9.83. The Hall–Kier alpha value is -2.54. The van der Waals surface area contributed by atoms with Crippen molar-refractivity contribution >= 4 is 17.1 Å². The molecule has 2 rings (SSSR count). The zero-order valence-electron chi connectivity index (χ0n) is 9.87. The number of benzene rings is 2. The van der Waals surface area contributed by atoms with E-state index in [-0.39, 0.29) is 5.82 Å². The Morgan fingerprint density at radius 3 is 2.72 bits per heavy atom. The quantitative estimate of drug-likeness (QED) is 0.793. The number of nitrogens with one attached hydrogen (secondary N) is 1. The molecule has 2 aromatic carbocycles. The van der Waals surface area contributed by atoms with Gasteiger partial charge in [0.1, 0.15) is 11.9 Å². The molecule has 0 fully saturated rings. The van der Waals surface area contributed by atoms with Crippen molar-refractivity contribution in [3.8, 4) is 6.07 Å². The van der Waals surface area contributed by atoms with Crippen LogP contribution in [0.5, 0.6) is 0 Å². The van der Waals surface area contributed by atoms with E-state index in [0.717, 1.165) is 5.56 Å². The molecule has 3 N–H and O–H groups in total. The molecule has 2 aromatic rings. The number of aryl methyl sites for hydroxylation is 1. The van der Waals surface area contributed by atoms with Crippen LogP contribution in [0.3, 0.4) is 0 Å². The molecule has 0 heterocycles. The first-order chi connectivity index (χ1) is 8.61. The molecular weight excluding hydrogens is 229 g/mol. The summed E-state index contributed by atoms with van der Waals surface area (Å²) in [6.07, 6.45) is 0. The fourth-order valence-corrected chi connectivity index (χ4v) is 1.70. The van der Waals surface area contributed by atoms with Crippen molar-refractivity contribution in [3.05, 3.63) is 53.3 Å². The van der Waals surface area contributed by atoms with Gasteiger partial charge in [0.2, 0.25) is 0 Å². The van der Waals surface area contributed by atoms with E-state index in [2.05, 4.69) is 11.4 Å². The summed E-state index contributed by atoms with van der Waals surface area (Å²) in [5.41, 5.74) is 8.65. The lowest BCUT2D eigenvalue weighted by Crippen LogP contribution is -1.99. The zero-order valence-corrected chi connectivity index (χ0v) is 9.87. The average molecular weight is 241 g/mol. The summed E-state index contributed by atoms with van der Waals surface area (Å²) < 4.78 is 13.2. The van der Waals surface area contributed by atoms with Crippen LogP contribution < -0.4 is 11.1 Å². The summed E-state index contributed by atoms with van der Waals surface area (Å²) in [6.45, 7) is 1.85. The number of anilines is 3. The topological polar surface area (TPSA) is 61.8 Å². The molecule has 0 atom stereocenters. The molecule has 0 aliphatic rings. The molecule has 0 unspecified atom stereocenters. The standard InChI is InChI=1S/C14H12FN3/c1-9-3-2-4-13(11(9)8-16)18-14-7-10(15)5-6-12(14)17/h2-7,18H,17H2,1H3. The van der Waals surface area contributed by atoms with Crippen molar-refractivity contribution in [3.63, 3.8) is 0 Å². The number of nitrogens with two attached hydrogens (primary N) is 1. The minimum Gasteiger partial charge on any atom is -0.397 e. The van der Waals surface area contributed by atoms with Crippen molar-refractivity contribution in [1.82, 2.24) is 0 Å². The van der Waals surface area contributed by atoms with Gasteiger partial charge >= 0.3 is 0 Å². The molecule has 0 amide bonds. The first-order valence-electron chi connectivity index (χ1n) is 5.43. The Labute approximate surface area is 105 Å². The van der Waals surface area contributed by atoms with Crippen LogP contribution in [0.25, 0.3) is 0 Å². The molecule has 3 nitrogen and oxygen atoms in total. The summed E-state index contributed by atoms with van der Waals surface area (Å²) in [5.74, 6) is -0.377. The van der Waals surface area contributed by atoms with Crippen LogP contribution in [0.2, 0.25) is 0 Å². The lowest BCUT2D eigenvalue weighted by Gasteiger charge is -2.11. The maximum atomic E-state index is 13.2. The van der Waals surface area contributed by atoms with E-state index in [1.807, 2.05) is 19.1 Å². The van der Waals surface area contributed by atoms with E-state index in [4.69, 9.17) is 11.0 Å². The Morgan fingerprint density at radius 2 is 2.00 bits per heavy atom. The number of halogens is 1. The third kappa shape index (κ3) is 2.25. The summed E-state index contributed by atoms with van der Waals surface area (Å²) in [7, 11) is 0. The third-order valence-electron chi connectivity index (χ3n) is 2.67. The van der Waals surface area contributed by atoms with Crippen LogP contribution >= 0.6 is 0 Å². The molecule has 0 bridgehead atoms. The second-order valence-electron chi connectivity index (χ2n) is 3.97. The lowest BCUT2D eigenvalue weighted by molar-refractivity contribution is 0.628. The van der Waals surface area contributed by atoms with Gasteiger partial charge in [-0.25, -0.2) is 4.39 Å². The Balaban J connectivity index is 2.44. The molecule has 90 valence electrons. The van der Waals surface area contributed by atoms with E-state index in [9.17, 15) is 4.39 Å². The van der Waals surface area contributed by atoms with E-state index < -0.39 is 0 Å². The number of nitrogen functional groups attached to an aromatic ring is 1. The molecule has 4 heteroatoms. The van der Waals surface area contributed by atoms with Gasteiger partial charge in [-0.1, -0.05) is 12.1 Å². The van der Waals surface area contributed by atoms with Gasteiger partial charge < -0.3 is 11.1 Å². The molecule has 0 aliphatic carbocycles. The van der Waals surface area contributed by atoms with Gasteiger partial charge in [0.15, 0.2) is 0 Å². The van der Waals surface area contributed by atoms with Crippen LogP contribution in [-0.4, -0.2) is 0 Å². The molecule has 0 saturated heterocycles. The number of hydrogen-bond acceptors (Lipinski definition) is 3.